The van der Waals surface area contributed by atoms with E-state index in [1.54, 1.807) is 20.4 Å². The second kappa shape index (κ2) is 6.97. The second-order valence-electron chi connectivity index (χ2n) is 8.17. The van der Waals surface area contributed by atoms with Crippen LogP contribution in [0, 0.1) is 0 Å². The Kier molecular flexibility index (Phi) is 4.36. The summed E-state index contributed by atoms with van der Waals surface area (Å²) in [6, 6.07) is 9.25. The third-order valence-electron chi connectivity index (χ3n) is 6.55. The van der Waals surface area contributed by atoms with Gasteiger partial charge in [-0.05, 0) is 49.4 Å². The standard InChI is InChI=1S/C24H22N2O5/c1-30-21-9-16-15(8-17(21)14-4-5-22(31-2)25-12-14)11-24(6-3-7-24)26-13-18(23(28)29)20(27)10-19(16)26/h4-5,8-10,12-13H,3,6-7,11H2,1-2H3,(H,28,29). The van der Waals surface area contributed by atoms with E-state index >= 15 is 0 Å². The van der Waals surface area contributed by atoms with Crippen molar-refractivity contribution in [2.24, 2.45) is 0 Å². The van der Waals surface area contributed by atoms with E-state index in [0.29, 0.717) is 11.6 Å². The molecule has 0 amide bonds. The highest BCUT2D eigenvalue weighted by Crippen LogP contribution is 2.50. The van der Waals surface area contributed by atoms with E-state index in [1.165, 1.54) is 12.3 Å². The molecule has 3 heterocycles. The molecule has 2 aromatic heterocycles. The predicted octanol–water partition coefficient (Wildman–Crippen LogP) is 3.73. The van der Waals surface area contributed by atoms with E-state index in [1.807, 2.05) is 22.8 Å². The number of nitrogens with zero attached hydrogens (tertiary/aromatic N) is 2. The van der Waals surface area contributed by atoms with Gasteiger partial charge in [-0.25, -0.2) is 9.78 Å². The lowest BCUT2D eigenvalue weighted by molar-refractivity contribution is 0.0691. The van der Waals surface area contributed by atoms with Gasteiger partial charge in [0.25, 0.3) is 0 Å². The number of carboxylic acid groups (broad SMARTS) is 1. The first-order valence-corrected chi connectivity index (χ1v) is 10.2. The first-order valence-electron chi connectivity index (χ1n) is 10.2. The maximum atomic E-state index is 12.5. The normalized spacial score (nSPS) is 15.5. The zero-order valence-electron chi connectivity index (χ0n) is 17.3. The van der Waals surface area contributed by atoms with Gasteiger partial charge in [0.05, 0.1) is 19.9 Å². The van der Waals surface area contributed by atoms with Gasteiger partial charge in [-0.3, -0.25) is 4.79 Å². The van der Waals surface area contributed by atoms with Crippen molar-refractivity contribution in [1.29, 1.82) is 0 Å². The Bertz CT molecular complexity index is 1260. The number of methoxy groups -OCH3 is 2. The lowest BCUT2D eigenvalue weighted by atomic mass is 9.69. The zero-order chi connectivity index (χ0) is 21.8. The van der Waals surface area contributed by atoms with Crippen molar-refractivity contribution >= 4 is 5.97 Å². The van der Waals surface area contributed by atoms with Crippen LogP contribution < -0.4 is 14.9 Å². The summed E-state index contributed by atoms with van der Waals surface area (Å²) in [5.41, 5.74) is 3.73. The zero-order valence-corrected chi connectivity index (χ0v) is 17.3. The molecular weight excluding hydrogens is 396 g/mol. The molecule has 7 heteroatoms. The molecule has 0 unspecified atom stereocenters. The van der Waals surface area contributed by atoms with Crippen molar-refractivity contribution in [3.63, 3.8) is 0 Å². The van der Waals surface area contributed by atoms with Gasteiger partial charge in [-0.15, -0.1) is 0 Å². The van der Waals surface area contributed by atoms with E-state index in [9.17, 15) is 14.7 Å². The molecule has 158 valence electrons. The summed E-state index contributed by atoms with van der Waals surface area (Å²) >= 11 is 0. The minimum absolute atomic E-state index is 0.189. The first kappa shape index (κ1) is 19.4. The molecule has 1 aromatic carbocycles. The lowest BCUT2D eigenvalue weighted by Gasteiger charge is -2.49. The van der Waals surface area contributed by atoms with Crippen molar-refractivity contribution < 1.29 is 19.4 Å². The summed E-state index contributed by atoms with van der Waals surface area (Å²) in [5.74, 6) is 0.00808. The van der Waals surface area contributed by atoms with Gasteiger partial charge >= 0.3 is 5.97 Å². The Morgan fingerprint density at radius 2 is 1.94 bits per heavy atom. The van der Waals surface area contributed by atoms with Crippen LogP contribution in [0.5, 0.6) is 11.6 Å². The Balaban J connectivity index is 1.72. The SMILES string of the molecule is COc1ccc(-c2cc3c(cc2OC)-c2cc(=O)c(C(=O)O)cn2C2(CCC2)C3)cn1. The van der Waals surface area contributed by atoms with Crippen molar-refractivity contribution in [2.45, 2.75) is 31.2 Å². The predicted molar refractivity (Wildman–Crippen MR) is 115 cm³/mol. The van der Waals surface area contributed by atoms with Gasteiger partial charge < -0.3 is 19.1 Å². The fourth-order valence-electron chi connectivity index (χ4n) is 4.80. The fraction of sp³-hybridized carbons (Fsp3) is 0.292. The molecule has 0 radical (unpaired) electrons. The molecule has 1 saturated carbocycles. The molecule has 31 heavy (non-hydrogen) atoms. The minimum Gasteiger partial charge on any atom is -0.496 e. The van der Waals surface area contributed by atoms with E-state index in [-0.39, 0.29) is 11.1 Å². The van der Waals surface area contributed by atoms with Crippen molar-refractivity contribution in [3.05, 3.63) is 64.1 Å². The third-order valence-corrected chi connectivity index (χ3v) is 6.55. The molecule has 2 aliphatic rings. The molecule has 3 aromatic rings. The topological polar surface area (TPSA) is 90.6 Å². The number of aromatic nitrogens is 2. The molecule has 1 aliphatic heterocycles. The maximum absolute atomic E-state index is 12.5. The number of ether oxygens (including phenoxy) is 2. The van der Waals surface area contributed by atoms with E-state index in [4.69, 9.17) is 9.47 Å². The molecule has 0 atom stereocenters. The van der Waals surface area contributed by atoms with Crippen LogP contribution in [0.1, 0.15) is 35.2 Å². The highest BCUT2D eigenvalue weighted by molar-refractivity contribution is 5.88. The Morgan fingerprint density at radius 3 is 2.52 bits per heavy atom. The molecule has 0 bridgehead atoms. The van der Waals surface area contributed by atoms with Gasteiger partial charge in [0.1, 0.15) is 11.3 Å². The van der Waals surface area contributed by atoms with Crippen molar-refractivity contribution in [1.82, 2.24) is 9.55 Å². The van der Waals surface area contributed by atoms with Gasteiger partial charge in [0.15, 0.2) is 5.43 Å². The van der Waals surface area contributed by atoms with Gasteiger partial charge in [0, 0.05) is 46.8 Å². The van der Waals surface area contributed by atoms with Crippen LogP contribution in [-0.2, 0) is 12.0 Å². The summed E-state index contributed by atoms with van der Waals surface area (Å²) in [6.07, 6.45) is 7.03. The smallest absolute Gasteiger partial charge is 0.341 e. The largest absolute Gasteiger partial charge is 0.496 e. The summed E-state index contributed by atoms with van der Waals surface area (Å²) in [5, 5.41) is 9.46. The monoisotopic (exact) mass is 418 g/mol. The summed E-state index contributed by atoms with van der Waals surface area (Å²) in [6.45, 7) is 0. The van der Waals surface area contributed by atoms with Crippen LogP contribution >= 0.6 is 0 Å². The molecule has 0 saturated heterocycles. The van der Waals surface area contributed by atoms with Crippen LogP contribution in [0.15, 0.2) is 47.5 Å². The quantitative estimate of drug-likeness (QED) is 0.694. The number of rotatable bonds is 4. The molecule has 1 aliphatic carbocycles. The maximum Gasteiger partial charge on any atom is 0.341 e. The third kappa shape index (κ3) is 2.91. The summed E-state index contributed by atoms with van der Waals surface area (Å²) in [4.78, 5) is 28.4. The van der Waals surface area contributed by atoms with E-state index < -0.39 is 11.4 Å². The summed E-state index contributed by atoms with van der Waals surface area (Å²) < 4.78 is 12.9. The molecule has 1 spiro atoms. The molecule has 1 N–H and O–H groups in total. The molecule has 7 nitrogen and oxygen atoms in total. The highest BCUT2D eigenvalue weighted by atomic mass is 16.5. The van der Waals surface area contributed by atoms with Crippen LogP contribution in [0.4, 0.5) is 0 Å². The Morgan fingerprint density at radius 1 is 1.13 bits per heavy atom. The number of hydrogen-bond acceptors (Lipinski definition) is 5. The number of carbonyl (C=O) groups is 1. The van der Waals surface area contributed by atoms with Crippen LogP contribution in [0.25, 0.3) is 22.4 Å². The summed E-state index contributed by atoms with van der Waals surface area (Å²) in [7, 11) is 3.19. The number of aromatic carboxylic acids is 1. The Labute approximate surface area is 178 Å². The van der Waals surface area contributed by atoms with Crippen molar-refractivity contribution in [2.75, 3.05) is 14.2 Å². The number of benzene rings is 1. The van der Waals surface area contributed by atoms with Gasteiger partial charge in [-0.1, -0.05) is 0 Å². The van der Waals surface area contributed by atoms with Gasteiger partial charge in [0.2, 0.25) is 5.88 Å². The molecular formula is C24H22N2O5. The van der Waals surface area contributed by atoms with E-state index in [0.717, 1.165) is 53.6 Å². The number of pyridine rings is 2. The van der Waals surface area contributed by atoms with Gasteiger partial charge in [-0.2, -0.15) is 0 Å². The Hall–Kier alpha value is -3.61. The lowest BCUT2D eigenvalue weighted by Crippen LogP contribution is -2.46. The highest BCUT2D eigenvalue weighted by Gasteiger charge is 2.43. The second-order valence-corrected chi connectivity index (χ2v) is 8.17. The fourth-order valence-corrected chi connectivity index (χ4v) is 4.80. The van der Waals surface area contributed by atoms with Crippen LogP contribution in [0.3, 0.4) is 0 Å². The first-order chi connectivity index (χ1) is 15.0. The van der Waals surface area contributed by atoms with Crippen LogP contribution in [0.2, 0.25) is 0 Å². The van der Waals surface area contributed by atoms with E-state index in [2.05, 4.69) is 11.1 Å². The van der Waals surface area contributed by atoms with Crippen LogP contribution in [-0.4, -0.2) is 34.8 Å². The number of hydrogen-bond donors (Lipinski definition) is 1. The van der Waals surface area contributed by atoms with Crippen molar-refractivity contribution in [3.8, 4) is 34.0 Å². The minimum atomic E-state index is -1.19. The molecule has 1 fully saturated rings. The molecule has 5 rings (SSSR count). The number of fused-ring (bicyclic) bond motifs is 4. The average molecular weight is 418 g/mol. The number of carboxylic acids is 1. The average Bonchev–Trinajstić information content (AvgIpc) is 2.76.